The van der Waals surface area contributed by atoms with E-state index in [4.69, 9.17) is 5.73 Å². The first-order valence-corrected chi connectivity index (χ1v) is 7.18. The smallest absolute Gasteiger partial charge is 0.319 e. The molecule has 4 N–H and O–H groups in total. The van der Waals surface area contributed by atoms with E-state index in [0.717, 1.165) is 17.7 Å². The summed E-state index contributed by atoms with van der Waals surface area (Å²) < 4.78 is 0. The van der Waals surface area contributed by atoms with Crippen molar-refractivity contribution in [3.63, 3.8) is 0 Å². The molecule has 21 heavy (non-hydrogen) atoms. The molecule has 1 aliphatic rings. The van der Waals surface area contributed by atoms with Gasteiger partial charge in [0.05, 0.1) is 0 Å². The lowest BCUT2D eigenvalue weighted by molar-refractivity contribution is 0.251. The maximum absolute atomic E-state index is 11.9. The molecule has 1 aliphatic carbocycles. The Morgan fingerprint density at radius 3 is 2.86 bits per heavy atom. The van der Waals surface area contributed by atoms with Crippen molar-refractivity contribution < 1.29 is 4.79 Å². The van der Waals surface area contributed by atoms with Gasteiger partial charge >= 0.3 is 6.03 Å². The van der Waals surface area contributed by atoms with Gasteiger partial charge in [0, 0.05) is 24.7 Å². The Labute approximate surface area is 124 Å². The fourth-order valence-corrected chi connectivity index (χ4v) is 2.71. The lowest BCUT2D eigenvalue weighted by Crippen LogP contribution is -2.35. The van der Waals surface area contributed by atoms with Gasteiger partial charge in [-0.2, -0.15) is 0 Å². The van der Waals surface area contributed by atoms with Gasteiger partial charge in [-0.1, -0.05) is 36.4 Å². The second-order valence-electron chi connectivity index (χ2n) is 5.34. The zero-order valence-electron chi connectivity index (χ0n) is 11.8. The van der Waals surface area contributed by atoms with Gasteiger partial charge < -0.3 is 16.4 Å². The zero-order valence-corrected chi connectivity index (χ0v) is 11.8. The van der Waals surface area contributed by atoms with E-state index in [2.05, 4.69) is 28.8 Å². The lowest BCUT2D eigenvalue weighted by Gasteiger charge is -2.30. The highest BCUT2D eigenvalue weighted by Gasteiger charge is 2.25. The SMILES string of the molecule is NCc1cccc(NC(=O)NCC2Cc3ccccc32)c1. The summed E-state index contributed by atoms with van der Waals surface area (Å²) in [6.07, 6.45) is 1.04. The summed E-state index contributed by atoms with van der Waals surface area (Å²) >= 11 is 0. The second-order valence-corrected chi connectivity index (χ2v) is 5.34. The van der Waals surface area contributed by atoms with Crippen LogP contribution in [-0.4, -0.2) is 12.6 Å². The average Bonchev–Trinajstić information content (AvgIpc) is 2.48. The fraction of sp³-hybridized carbons (Fsp3) is 0.235. The van der Waals surface area contributed by atoms with Gasteiger partial charge in [0.25, 0.3) is 0 Å². The summed E-state index contributed by atoms with van der Waals surface area (Å²) in [6.45, 7) is 1.13. The maximum atomic E-state index is 11.9. The van der Waals surface area contributed by atoms with Crippen LogP contribution >= 0.6 is 0 Å². The minimum atomic E-state index is -0.173. The van der Waals surface area contributed by atoms with E-state index in [1.807, 2.05) is 30.3 Å². The molecule has 108 valence electrons. The van der Waals surface area contributed by atoms with Crippen molar-refractivity contribution in [3.8, 4) is 0 Å². The third-order valence-electron chi connectivity index (χ3n) is 3.89. The van der Waals surface area contributed by atoms with Crippen LogP contribution in [0.1, 0.15) is 22.6 Å². The van der Waals surface area contributed by atoms with Crippen molar-refractivity contribution >= 4 is 11.7 Å². The Balaban J connectivity index is 1.51. The number of carbonyl (C=O) groups is 1. The largest absolute Gasteiger partial charge is 0.337 e. The summed E-state index contributed by atoms with van der Waals surface area (Å²) in [5.74, 6) is 0.433. The van der Waals surface area contributed by atoms with Crippen molar-refractivity contribution in [3.05, 3.63) is 65.2 Å². The van der Waals surface area contributed by atoms with Gasteiger partial charge in [0.15, 0.2) is 0 Å². The molecular weight excluding hydrogens is 262 g/mol. The minimum absolute atomic E-state index is 0.173. The summed E-state index contributed by atoms with van der Waals surface area (Å²) in [4.78, 5) is 11.9. The van der Waals surface area contributed by atoms with Crippen LogP contribution < -0.4 is 16.4 Å². The number of nitrogens with one attached hydrogen (secondary N) is 2. The number of fused-ring (bicyclic) bond motifs is 1. The molecule has 2 amide bonds. The van der Waals surface area contributed by atoms with Crippen LogP contribution in [0.3, 0.4) is 0 Å². The highest BCUT2D eigenvalue weighted by Crippen LogP contribution is 2.33. The van der Waals surface area contributed by atoms with Crippen molar-refractivity contribution in [2.24, 2.45) is 5.73 Å². The van der Waals surface area contributed by atoms with Gasteiger partial charge in [-0.25, -0.2) is 4.79 Å². The van der Waals surface area contributed by atoms with E-state index < -0.39 is 0 Å². The molecule has 0 aliphatic heterocycles. The van der Waals surface area contributed by atoms with Gasteiger partial charge in [-0.3, -0.25) is 0 Å². The Morgan fingerprint density at radius 2 is 2.05 bits per heavy atom. The average molecular weight is 281 g/mol. The minimum Gasteiger partial charge on any atom is -0.337 e. The Morgan fingerprint density at radius 1 is 1.19 bits per heavy atom. The van der Waals surface area contributed by atoms with E-state index >= 15 is 0 Å². The second kappa shape index (κ2) is 5.97. The van der Waals surface area contributed by atoms with E-state index in [9.17, 15) is 4.79 Å². The molecule has 4 nitrogen and oxygen atoms in total. The maximum Gasteiger partial charge on any atom is 0.319 e. The van der Waals surface area contributed by atoms with Crippen LogP contribution in [0.2, 0.25) is 0 Å². The number of amides is 2. The number of urea groups is 1. The highest BCUT2D eigenvalue weighted by atomic mass is 16.2. The molecule has 0 aromatic heterocycles. The molecule has 2 aromatic rings. The van der Waals surface area contributed by atoms with E-state index in [1.54, 1.807) is 0 Å². The normalized spacial score (nSPS) is 15.8. The predicted molar refractivity (Wildman–Crippen MR) is 84.2 cm³/mol. The molecule has 0 heterocycles. The molecule has 4 heteroatoms. The van der Waals surface area contributed by atoms with Crippen LogP contribution in [0.15, 0.2) is 48.5 Å². The molecule has 1 atom stereocenters. The first-order valence-electron chi connectivity index (χ1n) is 7.18. The summed E-state index contributed by atoms with van der Waals surface area (Å²) in [5.41, 5.74) is 10.1. The topological polar surface area (TPSA) is 67.1 Å². The molecule has 0 saturated heterocycles. The van der Waals surface area contributed by atoms with Crippen LogP contribution in [0, 0.1) is 0 Å². The number of hydrogen-bond donors (Lipinski definition) is 3. The third-order valence-corrected chi connectivity index (χ3v) is 3.89. The van der Waals surface area contributed by atoms with Gasteiger partial charge in [-0.05, 0) is 35.2 Å². The molecule has 1 unspecified atom stereocenters. The van der Waals surface area contributed by atoms with Crippen molar-refractivity contribution in [2.75, 3.05) is 11.9 Å². The van der Waals surface area contributed by atoms with E-state index in [-0.39, 0.29) is 6.03 Å². The Bertz CT molecular complexity index is 654. The number of rotatable bonds is 4. The number of carbonyl (C=O) groups excluding carboxylic acids is 1. The molecule has 3 rings (SSSR count). The van der Waals surface area contributed by atoms with Gasteiger partial charge in [-0.15, -0.1) is 0 Å². The monoisotopic (exact) mass is 281 g/mol. The standard InChI is InChI=1S/C17H19N3O/c18-10-12-4-3-6-15(8-12)20-17(21)19-11-14-9-13-5-1-2-7-16(13)14/h1-8,14H,9-11,18H2,(H2,19,20,21). The summed E-state index contributed by atoms with van der Waals surface area (Å²) in [7, 11) is 0. The molecule has 0 radical (unpaired) electrons. The van der Waals surface area contributed by atoms with Crippen molar-refractivity contribution in [1.29, 1.82) is 0 Å². The van der Waals surface area contributed by atoms with Crippen LogP contribution in [0.4, 0.5) is 10.5 Å². The summed E-state index contributed by atoms with van der Waals surface area (Å²) in [5, 5.41) is 5.77. The third kappa shape index (κ3) is 3.06. The lowest BCUT2D eigenvalue weighted by atomic mass is 9.78. The van der Waals surface area contributed by atoms with Crippen LogP contribution in [0.25, 0.3) is 0 Å². The van der Waals surface area contributed by atoms with Gasteiger partial charge in [0.1, 0.15) is 0 Å². The van der Waals surface area contributed by atoms with Crippen LogP contribution in [0.5, 0.6) is 0 Å². The predicted octanol–water partition coefficient (Wildman–Crippen LogP) is 2.61. The molecule has 0 fully saturated rings. The molecule has 0 bridgehead atoms. The molecule has 0 saturated carbocycles. The van der Waals surface area contributed by atoms with Crippen molar-refractivity contribution in [2.45, 2.75) is 18.9 Å². The number of nitrogens with two attached hydrogens (primary N) is 1. The van der Waals surface area contributed by atoms with Crippen LogP contribution in [-0.2, 0) is 13.0 Å². The fourth-order valence-electron chi connectivity index (χ4n) is 2.71. The van der Waals surface area contributed by atoms with Gasteiger partial charge in [0.2, 0.25) is 0 Å². The first-order chi connectivity index (χ1) is 10.3. The Hall–Kier alpha value is -2.33. The number of anilines is 1. The zero-order chi connectivity index (χ0) is 14.7. The number of hydrogen-bond acceptors (Lipinski definition) is 2. The molecule has 0 spiro atoms. The van der Waals surface area contributed by atoms with E-state index in [1.165, 1.54) is 11.1 Å². The molecular formula is C17H19N3O. The number of benzene rings is 2. The molecule has 2 aromatic carbocycles. The summed E-state index contributed by atoms with van der Waals surface area (Å²) in [6, 6.07) is 15.8. The first kappa shape index (κ1) is 13.6. The van der Waals surface area contributed by atoms with Crippen molar-refractivity contribution in [1.82, 2.24) is 5.32 Å². The highest BCUT2D eigenvalue weighted by molar-refractivity contribution is 5.89. The van der Waals surface area contributed by atoms with E-state index in [0.29, 0.717) is 19.0 Å². The quantitative estimate of drug-likeness (QED) is 0.806. The Kier molecular flexibility index (Phi) is 3.88.